The highest BCUT2D eigenvalue weighted by atomic mass is 19.3. The molecule has 0 rings (SSSR count). The maximum atomic E-state index is 10.4. The van der Waals surface area contributed by atoms with E-state index in [4.69, 9.17) is 5.02 Å². The van der Waals surface area contributed by atoms with Crippen molar-refractivity contribution in [3.63, 3.8) is 0 Å². The molecule has 0 heterocycles. The third kappa shape index (κ3) is 3.91. The highest BCUT2D eigenvalue weighted by Gasteiger charge is 1.99. The molecule has 0 atom stereocenters. The van der Waals surface area contributed by atoms with Crippen LogP contribution in [0.25, 0.3) is 0 Å². The Labute approximate surface area is 29.6 Å². The first-order valence-corrected chi connectivity index (χ1v) is 1.23. The molecule has 0 saturated heterocycles. The number of hydrogen-bond acceptors (Lipinski definition) is 2. The first kappa shape index (κ1) is 4.91. The van der Waals surface area contributed by atoms with Gasteiger partial charge < -0.3 is 5.02 Å². The first-order chi connectivity index (χ1) is 2.27. The fourth-order valence-corrected chi connectivity index (χ4v) is 0. The average molecular weight is 77.9 g/mol. The number of hydrogen-bond donors (Lipinski definition) is 1. The van der Waals surface area contributed by atoms with Crippen molar-refractivity contribution >= 4 is 7.12 Å². The predicted octanol–water partition coefficient (Wildman–Crippen LogP) is -0.00220. The zero-order chi connectivity index (χ0) is 4.28. The molecule has 0 amide bonds. The van der Waals surface area contributed by atoms with E-state index in [0.717, 1.165) is 0 Å². The van der Waals surface area contributed by atoms with Gasteiger partial charge in [0.2, 0.25) is 0 Å². The smallest absolute Gasteiger partial charge is 0.425 e. The van der Waals surface area contributed by atoms with Gasteiger partial charge in [0.25, 0.3) is 0 Å². The molecule has 0 radical (unpaired) electrons. The van der Waals surface area contributed by atoms with Crippen LogP contribution in [0.3, 0.4) is 0 Å². The van der Waals surface area contributed by atoms with E-state index in [1.165, 1.54) is 6.82 Å². The van der Waals surface area contributed by atoms with Crippen molar-refractivity contribution in [2.75, 3.05) is 0 Å². The van der Waals surface area contributed by atoms with E-state index in [1.54, 1.807) is 0 Å². The van der Waals surface area contributed by atoms with Crippen LogP contribution in [-0.2, 0) is 4.86 Å². The summed E-state index contributed by atoms with van der Waals surface area (Å²) in [5, 5.41) is 7.76. The Balaban J connectivity index is 2.54. The summed E-state index contributed by atoms with van der Waals surface area (Å²) in [6.45, 7) is 1.18. The molecule has 0 aromatic heterocycles. The van der Waals surface area contributed by atoms with Gasteiger partial charge in [0.05, 0.1) is 0 Å². The van der Waals surface area contributed by atoms with Gasteiger partial charge in [0.15, 0.2) is 0 Å². The molecule has 0 aliphatic heterocycles. The second-order valence-corrected chi connectivity index (χ2v) is 0.688. The minimum atomic E-state index is -1.28. The van der Waals surface area contributed by atoms with E-state index in [0.29, 0.717) is 0 Å². The number of halogens is 1. The first-order valence-electron chi connectivity index (χ1n) is 1.23. The Morgan fingerprint density at radius 3 is 2.20 bits per heavy atom. The zero-order valence-corrected chi connectivity index (χ0v) is 2.81. The normalized spacial score (nSPS) is 7.80. The standard InChI is InChI=1S/CH4BFO2/c1-2(4)5-3/h4H,1H3. The van der Waals surface area contributed by atoms with Crippen molar-refractivity contribution < 1.29 is 14.4 Å². The third-order valence-electron chi connectivity index (χ3n) is 0.129. The van der Waals surface area contributed by atoms with Crippen molar-refractivity contribution in [3.05, 3.63) is 0 Å². The maximum Gasteiger partial charge on any atom is 0.491 e. The van der Waals surface area contributed by atoms with E-state index in [1.807, 2.05) is 0 Å². The molecule has 1 N–H and O–H groups in total. The lowest BCUT2D eigenvalue weighted by Crippen LogP contribution is -2.04. The van der Waals surface area contributed by atoms with Gasteiger partial charge >= 0.3 is 7.12 Å². The van der Waals surface area contributed by atoms with E-state index in [-0.39, 0.29) is 0 Å². The molecule has 4 heteroatoms. The van der Waals surface area contributed by atoms with Gasteiger partial charge in [0, 0.05) is 0 Å². The molecule has 5 heavy (non-hydrogen) atoms. The zero-order valence-electron chi connectivity index (χ0n) is 2.81. The highest BCUT2D eigenvalue weighted by Crippen LogP contribution is 1.74. The van der Waals surface area contributed by atoms with Crippen LogP contribution < -0.4 is 0 Å². The number of rotatable bonds is 1. The fraction of sp³-hybridized carbons (Fsp3) is 1.00. The van der Waals surface area contributed by atoms with Gasteiger partial charge in [-0.05, 0) is 6.82 Å². The summed E-state index contributed by atoms with van der Waals surface area (Å²) >= 11 is 0. The van der Waals surface area contributed by atoms with E-state index in [9.17, 15) is 4.53 Å². The molecule has 0 spiro atoms. The van der Waals surface area contributed by atoms with Crippen LogP contribution in [0.15, 0.2) is 0 Å². The molecule has 0 saturated carbocycles. The lowest BCUT2D eigenvalue weighted by Gasteiger charge is -1.80. The Morgan fingerprint density at radius 1 is 2.00 bits per heavy atom. The van der Waals surface area contributed by atoms with Gasteiger partial charge in [-0.15, -0.1) is 0 Å². The molecule has 2 nitrogen and oxygen atoms in total. The summed E-state index contributed by atoms with van der Waals surface area (Å²) in [7, 11) is -1.28. The molecule has 0 aliphatic rings. The Hall–Kier alpha value is -0.0851. The molecule has 0 fully saturated rings. The summed E-state index contributed by atoms with van der Waals surface area (Å²) in [5.74, 6) is 0. The molecule has 0 bridgehead atoms. The van der Waals surface area contributed by atoms with E-state index in [2.05, 4.69) is 4.86 Å². The topological polar surface area (TPSA) is 29.5 Å². The largest absolute Gasteiger partial charge is 0.491 e. The molecule has 30 valence electrons. The molecule has 0 aromatic carbocycles. The highest BCUT2D eigenvalue weighted by molar-refractivity contribution is 6.40. The minimum Gasteiger partial charge on any atom is -0.425 e. The van der Waals surface area contributed by atoms with Crippen LogP contribution in [0.1, 0.15) is 0 Å². The summed E-state index contributed by atoms with van der Waals surface area (Å²) in [5.41, 5.74) is 0. The lowest BCUT2D eigenvalue weighted by molar-refractivity contribution is -0.0293. The Kier molecular flexibility index (Phi) is 2.13. The third-order valence-corrected chi connectivity index (χ3v) is 0.129. The Morgan fingerprint density at radius 2 is 2.20 bits per heavy atom. The molecule has 0 aliphatic carbocycles. The lowest BCUT2D eigenvalue weighted by atomic mass is 9.98. The minimum absolute atomic E-state index is 1.18. The van der Waals surface area contributed by atoms with Gasteiger partial charge in [0.1, 0.15) is 0 Å². The van der Waals surface area contributed by atoms with Crippen LogP contribution in [0.5, 0.6) is 0 Å². The SMILES string of the molecule is CB(O)OF. The average Bonchev–Trinajstić information content (AvgIpc) is 1.38. The molecular formula is CH4BFO2. The van der Waals surface area contributed by atoms with Crippen LogP contribution in [0.4, 0.5) is 4.53 Å². The van der Waals surface area contributed by atoms with Crippen molar-refractivity contribution in [1.82, 2.24) is 0 Å². The second kappa shape index (κ2) is 2.17. The molecule has 0 aromatic rings. The van der Waals surface area contributed by atoms with Crippen LogP contribution in [-0.4, -0.2) is 12.1 Å². The fourth-order valence-electron chi connectivity index (χ4n) is 0. The van der Waals surface area contributed by atoms with Crippen LogP contribution in [0.2, 0.25) is 6.82 Å². The van der Waals surface area contributed by atoms with Crippen LogP contribution >= 0.6 is 0 Å². The van der Waals surface area contributed by atoms with E-state index >= 15 is 0 Å². The second-order valence-electron chi connectivity index (χ2n) is 0.688. The maximum absolute atomic E-state index is 10.4. The monoisotopic (exact) mass is 78.0 g/mol. The van der Waals surface area contributed by atoms with Crippen LogP contribution in [0, 0.1) is 0 Å². The van der Waals surface area contributed by atoms with Crippen molar-refractivity contribution in [3.8, 4) is 0 Å². The summed E-state index contributed by atoms with van der Waals surface area (Å²) < 4.78 is 10.4. The molecule has 0 unspecified atom stereocenters. The van der Waals surface area contributed by atoms with Crippen molar-refractivity contribution in [2.24, 2.45) is 0 Å². The van der Waals surface area contributed by atoms with Gasteiger partial charge in [-0.3, -0.25) is 0 Å². The van der Waals surface area contributed by atoms with Gasteiger partial charge in [-0.1, -0.05) is 4.53 Å². The Bertz CT molecular complexity index is 23.6. The summed E-state index contributed by atoms with van der Waals surface area (Å²) in [6.07, 6.45) is 0. The van der Waals surface area contributed by atoms with Gasteiger partial charge in [-0.25, -0.2) is 4.86 Å². The van der Waals surface area contributed by atoms with Crippen molar-refractivity contribution in [1.29, 1.82) is 0 Å². The summed E-state index contributed by atoms with van der Waals surface area (Å²) in [4.78, 5) is 2.81. The van der Waals surface area contributed by atoms with E-state index < -0.39 is 7.12 Å². The van der Waals surface area contributed by atoms with Crippen molar-refractivity contribution in [2.45, 2.75) is 6.82 Å². The molecular weight excluding hydrogens is 73.8 g/mol. The van der Waals surface area contributed by atoms with Gasteiger partial charge in [-0.2, -0.15) is 0 Å². The predicted molar refractivity (Wildman–Crippen MR) is 16.0 cm³/mol. The quantitative estimate of drug-likeness (QED) is 0.447. The summed E-state index contributed by atoms with van der Waals surface area (Å²) in [6, 6.07) is 0.